The Balaban J connectivity index is 1.97. The number of hydrogen-bond donors (Lipinski definition) is 3. The molecule has 0 spiro atoms. The number of halogens is 1. The van der Waals surface area contributed by atoms with Crippen LogP contribution in [0.3, 0.4) is 0 Å². The number of aliphatic hydroxyl groups excluding tert-OH is 1. The molecule has 140 valence electrons. The summed E-state index contributed by atoms with van der Waals surface area (Å²) in [5.41, 5.74) is 0.860. The number of nitrogens with one attached hydrogen (secondary N) is 2. The third-order valence-electron chi connectivity index (χ3n) is 3.38. The van der Waals surface area contributed by atoms with Crippen LogP contribution in [0.2, 0.25) is 0 Å². The normalized spacial score (nSPS) is 10.6. The predicted molar refractivity (Wildman–Crippen MR) is 97.2 cm³/mol. The molecule has 9 heteroatoms. The molecule has 1 aromatic heterocycles. The first-order valence-electron chi connectivity index (χ1n) is 8.13. The molecule has 0 saturated carbocycles. The lowest BCUT2D eigenvalue weighted by Crippen LogP contribution is -2.29. The van der Waals surface area contributed by atoms with Crippen LogP contribution in [0.1, 0.15) is 19.0 Å². The van der Waals surface area contributed by atoms with Gasteiger partial charge in [0.15, 0.2) is 5.16 Å². The molecule has 3 N–H and O–H groups in total. The van der Waals surface area contributed by atoms with Crippen LogP contribution in [-0.2, 0) is 22.7 Å². The van der Waals surface area contributed by atoms with Gasteiger partial charge in [-0.1, -0.05) is 24.8 Å². The van der Waals surface area contributed by atoms with E-state index in [2.05, 4.69) is 15.6 Å². The average molecular weight is 380 g/mol. The minimum Gasteiger partial charge on any atom is -0.390 e. The van der Waals surface area contributed by atoms with Crippen LogP contribution in [-0.4, -0.2) is 38.8 Å². The van der Waals surface area contributed by atoms with Crippen molar-refractivity contribution in [2.45, 2.75) is 31.7 Å². The van der Waals surface area contributed by atoms with E-state index >= 15 is 0 Å². The number of carbonyl (C=O) groups excluding carboxylic acids is 2. The first kappa shape index (κ1) is 19.9. The standard InChI is InChI=1S/C17H21FN4O3S/c1-2-6-19-15(24)9-22-14(10-23)8-20-17(22)26-11-16(25)21-13-5-3-4-12(18)7-13/h3-5,7-8,23H,2,6,9-11H2,1H3,(H,19,24)(H,21,25). The summed E-state index contributed by atoms with van der Waals surface area (Å²) in [6, 6.07) is 5.62. The molecule has 0 fully saturated rings. The Morgan fingerprint density at radius 3 is 2.85 bits per heavy atom. The Bertz CT molecular complexity index is 766. The van der Waals surface area contributed by atoms with Crippen LogP contribution in [0, 0.1) is 5.82 Å². The van der Waals surface area contributed by atoms with Gasteiger partial charge >= 0.3 is 0 Å². The van der Waals surface area contributed by atoms with Crippen molar-refractivity contribution in [2.75, 3.05) is 17.6 Å². The lowest BCUT2D eigenvalue weighted by Gasteiger charge is -2.11. The maximum atomic E-state index is 13.1. The minimum atomic E-state index is -0.434. The molecule has 1 heterocycles. The number of amides is 2. The van der Waals surface area contributed by atoms with Crippen molar-refractivity contribution in [3.05, 3.63) is 42.0 Å². The summed E-state index contributed by atoms with van der Waals surface area (Å²) in [6.07, 6.45) is 2.30. The lowest BCUT2D eigenvalue weighted by molar-refractivity contribution is -0.121. The molecule has 0 atom stereocenters. The lowest BCUT2D eigenvalue weighted by atomic mass is 10.3. The highest BCUT2D eigenvalue weighted by atomic mass is 32.2. The van der Waals surface area contributed by atoms with Gasteiger partial charge in [-0.3, -0.25) is 9.59 Å². The highest BCUT2D eigenvalue weighted by Gasteiger charge is 2.15. The smallest absolute Gasteiger partial charge is 0.240 e. The molecule has 0 aliphatic rings. The molecule has 0 aliphatic carbocycles. The van der Waals surface area contributed by atoms with Gasteiger partial charge in [-0.05, 0) is 24.6 Å². The van der Waals surface area contributed by atoms with Crippen LogP contribution in [0.5, 0.6) is 0 Å². The molecule has 26 heavy (non-hydrogen) atoms. The number of rotatable bonds is 9. The second-order valence-corrected chi connectivity index (χ2v) is 6.42. The summed E-state index contributed by atoms with van der Waals surface area (Å²) in [5, 5.41) is 15.2. The Hall–Kier alpha value is -2.39. The van der Waals surface area contributed by atoms with Crippen molar-refractivity contribution >= 4 is 29.3 Å². The van der Waals surface area contributed by atoms with Gasteiger partial charge in [-0.15, -0.1) is 0 Å². The van der Waals surface area contributed by atoms with Crippen molar-refractivity contribution in [3.63, 3.8) is 0 Å². The van der Waals surface area contributed by atoms with E-state index in [-0.39, 0.29) is 30.7 Å². The Morgan fingerprint density at radius 2 is 2.15 bits per heavy atom. The van der Waals surface area contributed by atoms with E-state index in [1.54, 1.807) is 10.6 Å². The van der Waals surface area contributed by atoms with E-state index in [1.807, 2.05) is 6.92 Å². The van der Waals surface area contributed by atoms with Crippen LogP contribution in [0.4, 0.5) is 10.1 Å². The fourth-order valence-electron chi connectivity index (χ4n) is 2.16. The molecule has 7 nitrogen and oxygen atoms in total. The van der Waals surface area contributed by atoms with Crippen molar-refractivity contribution in [2.24, 2.45) is 0 Å². The van der Waals surface area contributed by atoms with E-state index in [1.165, 1.54) is 24.4 Å². The van der Waals surface area contributed by atoms with E-state index in [4.69, 9.17) is 0 Å². The molecule has 0 bridgehead atoms. The third kappa shape index (κ3) is 5.85. The van der Waals surface area contributed by atoms with Crippen LogP contribution < -0.4 is 10.6 Å². The van der Waals surface area contributed by atoms with Gasteiger partial charge in [0.1, 0.15) is 12.4 Å². The first-order valence-corrected chi connectivity index (χ1v) is 9.12. The minimum absolute atomic E-state index is 0.0176. The highest BCUT2D eigenvalue weighted by Crippen LogP contribution is 2.19. The topological polar surface area (TPSA) is 96.2 Å². The summed E-state index contributed by atoms with van der Waals surface area (Å²) in [7, 11) is 0. The largest absolute Gasteiger partial charge is 0.390 e. The predicted octanol–water partition coefficient (Wildman–Crippen LogP) is 1.77. The van der Waals surface area contributed by atoms with Gasteiger partial charge in [0.2, 0.25) is 11.8 Å². The van der Waals surface area contributed by atoms with E-state index in [9.17, 15) is 19.1 Å². The highest BCUT2D eigenvalue weighted by molar-refractivity contribution is 7.99. The number of benzene rings is 1. The quantitative estimate of drug-likeness (QED) is 0.576. The number of aromatic nitrogens is 2. The zero-order chi connectivity index (χ0) is 18.9. The summed E-state index contributed by atoms with van der Waals surface area (Å²) in [6.45, 7) is 2.28. The van der Waals surface area contributed by atoms with E-state index in [0.29, 0.717) is 23.1 Å². The second kappa shape index (κ2) is 9.93. The molecular formula is C17H21FN4O3S. The summed E-state index contributed by atoms with van der Waals surface area (Å²) >= 11 is 1.14. The number of imidazole rings is 1. The van der Waals surface area contributed by atoms with Gasteiger partial charge < -0.3 is 20.3 Å². The number of thioether (sulfide) groups is 1. The van der Waals surface area contributed by atoms with E-state index in [0.717, 1.165) is 18.2 Å². The second-order valence-electron chi connectivity index (χ2n) is 5.47. The Kier molecular flexibility index (Phi) is 7.61. The molecule has 2 rings (SSSR count). The number of aliphatic hydroxyl groups is 1. The van der Waals surface area contributed by atoms with Gasteiger partial charge in [-0.25, -0.2) is 9.37 Å². The fourth-order valence-corrected chi connectivity index (χ4v) is 2.96. The van der Waals surface area contributed by atoms with Crippen molar-refractivity contribution < 1.29 is 19.1 Å². The van der Waals surface area contributed by atoms with Crippen molar-refractivity contribution in [3.8, 4) is 0 Å². The van der Waals surface area contributed by atoms with Crippen molar-refractivity contribution in [1.82, 2.24) is 14.9 Å². The maximum absolute atomic E-state index is 13.1. The summed E-state index contributed by atoms with van der Waals surface area (Å²) in [5.74, 6) is -0.909. The molecule has 0 aliphatic heterocycles. The Morgan fingerprint density at radius 1 is 1.35 bits per heavy atom. The van der Waals surface area contributed by atoms with Gasteiger partial charge in [-0.2, -0.15) is 0 Å². The SMILES string of the molecule is CCCNC(=O)Cn1c(CO)cnc1SCC(=O)Nc1cccc(F)c1. The van der Waals surface area contributed by atoms with Crippen LogP contribution in [0.15, 0.2) is 35.6 Å². The van der Waals surface area contributed by atoms with Crippen LogP contribution >= 0.6 is 11.8 Å². The molecule has 2 amide bonds. The number of carbonyl (C=O) groups is 2. The molecular weight excluding hydrogens is 359 g/mol. The van der Waals surface area contributed by atoms with Gasteiger partial charge in [0.05, 0.1) is 24.3 Å². The zero-order valence-electron chi connectivity index (χ0n) is 14.4. The average Bonchev–Trinajstić information content (AvgIpc) is 3.00. The summed E-state index contributed by atoms with van der Waals surface area (Å²) in [4.78, 5) is 28.1. The zero-order valence-corrected chi connectivity index (χ0v) is 15.2. The van der Waals surface area contributed by atoms with Gasteiger partial charge in [0.25, 0.3) is 0 Å². The fraction of sp³-hybridized carbons (Fsp3) is 0.353. The maximum Gasteiger partial charge on any atom is 0.240 e. The van der Waals surface area contributed by atoms with Crippen LogP contribution in [0.25, 0.3) is 0 Å². The first-order chi connectivity index (χ1) is 12.5. The monoisotopic (exact) mass is 380 g/mol. The van der Waals surface area contributed by atoms with E-state index < -0.39 is 5.82 Å². The number of hydrogen-bond acceptors (Lipinski definition) is 5. The Labute approximate surface area is 155 Å². The molecule has 0 radical (unpaired) electrons. The molecule has 0 unspecified atom stereocenters. The molecule has 2 aromatic rings. The molecule has 0 saturated heterocycles. The number of nitrogens with zero attached hydrogens (tertiary/aromatic N) is 2. The van der Waals surface area contributed by atoms with Gasteiger partial charge in [0, 0.05) is 12.2 Å². The number of anilines is 1. The summed E-state index contributed by atoms with van der Waals surface area (Å²) < 4.78 is 14.7. The third-order valence-corrected chi connectivity index (χ3v) is 4.37. The molecule has 1 aromatic carbocycles. The van der Waals surface area contributed by atoms with Crippen molar-refractivity contribution in [1.29, 1.82) is 0 Å².